The topological polar surface area (TPSA) is 66.9 Å². The molecule has 126 valence electrons. The normalized spacial score (nSPS) is 10.3. The number of anilines is 3. The molecule has 6 heteroatoms. The molecule has 5 nitrogen and oxygen atoms in total. The number of hydrogen-bond donors (Lipinski definition) is 2. The third-order valence-electron chi connectivity index (χ3n) is 3.59. The molecule has 3 rings (SSSR count). The van der Waals surface area contributed by atoms with Gasteiger partial charge < -0.3 is 10.6 Å². The summed E-state index contributed by atoms with van der Waals surface area (Å²) in [6, 6.07) is 19.0. The zero-order valence-electron chi connectivity index (χ0n) is 13.7. The Balaban J connectivity index is 1.61. The van der Waals surface area contributed by atoms with Gasteiger partial charge in [-0.2, -0.15) is 0 Å². The highest BCUT2D eigenvalue weighted by molar-refractivity contribution is 9.10. The molecule has 0 spiro atoms. The first-order valence-electron chi connectivity index (χ1n) is 7.81. The molecule has 1 amide bonds. The molecule has 0 radical (unpaired) electrons. The standard InChI is InChI=1S/C19H17BrN4O/c1-13-11-15(20)7-8-16(13)21-17-9-10-18(24-23-17)22-19(25)12-14-5-3-2-4-6-14/h2-11H,12H2,1H3,(H,21,23)(H,22,24,25). The van der Waals surface area contributed by atoms with Crippen LogP contribution in [0.3, 0.4) is 0 Å². The molecule has 1 aromatic heterocycles. The average Bonchev–Trinajstić information content (AvgIpc) is 2.60. The maximum atomic E-state index is 12.0. The minimum Gasteiger partial charge on any atom is -0.339 e. The second-order valence-corrected chi connectivity index (χ2v) is 6.51. The first-order valence-corrected chi connectivity index (χ1v) is 8.60. The lowest BCUT2D eigenvalue weighted by Gasteiger charge is -2.09. The van der Waals surface area contributed by atoms with E-state index in [-0.39, 0.29) is 5.91 Å². The molecule has 0 aliphatic carbocycles. The molecule has 0 aliphatic heterocycles. The summed E-state index contributed by atoms with van der Waals surface area (Å²) in [7, 11) is 0. The molecule has 0 saturated carbocycles. The highest BCUT2D eigenvalue weighted by Crippen LogP contribution is 2.22. The summed E-state index contributed by atoms with van der Waals surface area (Å²) < 4.78 is 1.03. The summed E-state index contributed by atoms with van der Waals surface area (Å²) in [5.41, 5.74) is 3.01. The fourth-order valence-corrected chi connectivity index (χ4v) is 2.81. The van der Waals surface area contributed by atoms with E-state index in [0.29, 0.717) is 18.1 Å². The van der Waals surface area contributed by atoms with Crippen LogP contribution in [0.4, 0.5) is 17.3 Å². The van der Waals surface area contributed by atoms with E-state index in [2.05, 4.69) is 36.8 Å². The Morgan fingerprint density at radius 3 is 2.40 bits per heavy atom. The molecular weight excluding hydrogens is 380 g/mol. The summed E-state index contributed by atoms with van der Waals surface area (Å²) in [5, 5.41) is 14.1. The Labute approximate surface area is 154 Å². The number of benzene rings is 2. The monoisotopic (exact) mass is 396 g/mol. The van der Waals surface area contributed by atoms with E-state index in [1.54, 1.807) is 12.1 Å². The average molecular weight is 397 g/mol. The second kappa shape index (κ2) is 7.90. The number of carbonyl (C=O) groups excluding carboxylic acids is 1. The van der Waals surface area contributed by atoms with Crippen LogP contribution in [-0.2, 0) is 11.2 Å². The predicted octanol–water partition coefficient (Wildman–Crippen LogP) is 4.47. The molecule has 0 fully saturated rings. The van der Waals surface area contributed by atoms with Crippen LogP contribution < -0.4 is 10.6 Å². The van der Waals surface area contributed by atoms with Crippen molar-refractivity contribution >= 4 is 39.2 Å². The summed E-state index contributed by atoms with van der Waals surface area (Å²) in [6.45, 7) is 2.01. The van der Waals surface area contributed by atoms with Gasteiger partial charge in [-0.3, -0.25) is 4.79 Å². The highest BCUT2D eigenvalue weighted by atomic mass is 79.9. The van der Waals surface area contributed by atoms with Crippen LogP contribution in [0.2, 0.25) is 0 Å². The fourth-order valence-electron chi connectivity index (χ4n) is 2.34. The van der Waals surface area contributed by atoms with Gasteiger partial charge >= 0.3 is 0 Å². The maximum Gasteiger partial charge on any atom is 0.229 e. The van der Waals surface area contributed by atoms with Crippen molar-refractivity contribution in [1.82, 2.24) is 10.2 Å². The van der Waals surface area contributed by atoms with Crippen LogP contribution in [0.15, 0.2) is 65.1 Å². The molecule has 0 aliphatic rings. The number of aryl methyl sites for hydroxylation is 1. The number of amides is 1. The van der Waals surface area contributed by atoms with Gasteiger partial charge in [0.1, 0.15) is 0 Å². The van der Waals surface area contributed by atoms with Crippen LogP contribution in [0, 0.1) is 6.92 Å². The lowest BCUT2D eigenvalue weighted by Crippen LogP contribution is -2.15. The van der Waals surface area contributed by atoms with Gasteiger partial charge in [-0.25, -0.2) is 0 Å². The first-order chi connectivity index (χ1) is 12.1. The Bertz CT molecular complexity index is 866. The van der Waals surface area contributed by atoms with Crippen molar-refractivity contribution in [3.05, 3.63) is 76.3 Å². The van der Waals surface area contributed by atoms with Gasteiger partial charge in [0.05, 0.1) is 6.42 Å². The third-order valence-corrected chi connectivity index (χ3v) is 4.08. The van der Waals surface area contributed by atoms with Gasteiger partial charge in [-0.15, -0.1) is 10.2 Å². The lowest BCUT2D eigenvalue weighted by molar-refractivity contribution is -0.115. The molecule has 25 heavy (non-hydrogen) atoms. The largest absolute Gasteiger partial charge is 0.339 e. The first kappa shape index (κ1) is 17.1. The Morgan fingerprint density at radius 1 is 1.00 bits per heavy atom. The van der Waals surface area contributed by atoms with E-state index in [4.69, 9.17) is 0 Å². The zero-order chi connectivity index (χ0) is 17.6. The van der Waals surface area contributed by atoms with Crippen molar-refractivity contribution in [3.8, 4) is 0 Å². The van der Waals surface area contributed by atoms with E-state index < -0.39 is 0 Å². The number of aromatic nitrogens is 2. The minimum atomic E-state index is -0.120. The van der Waals surface area contributed by atoms with Crippen molar-refractivity contribution in [3.63, 3.8) is 0 Å². The van der Waals surface area contributed by atoms with E-state index in [0.717, 1.165) is 21.3 Å². The Hall–Kier alpha value is -2.73. The molecule has 0 saturated heterocycles. The number of nitrogens with zero attached hydrogens (tertiary/aromatic N) is 2. The fraction of sp³-hybridized carbons (Fsp3) is 0.105. The molecule has 1 heterocycles. The molecular formula is C19H17BrN4O. The van der Waals surface area contributed by atoms with Crippen LogP contribution in [0.25, 0.3) is 0 Å². The highest BCUT2D eigenvalue weighted by Gasteiger charge is 2.06. The van der Waals surface area contributed by atoms with Crippen LogP contribution in [-0.4, -0.2) is 16.1 Å². The molecule has 0 atom stereocenters. The van der Waals surface area contributed by atoms with Gasteiger partial charge in [-0.05, 0) is 48.4 Å². The summed E-state index contributed by atoms with van der Waals surface area (Å²) in [5.74, 6) is 0.926. The van der Waals surface area contributed by atoms with Crippen LogP contribution in [0.5, 0.6) is 0 Å². The van der Waals surface area contributed by atoms with Crippen LogP contribution in [0.1, 0.15) is 11.1 Å². The Morgan fingerprint density at radius 2 is 1.72 bits per heavy atom. The third kappa shape index (κ3) is 4.87. The number of hydrogen-bond acceptors (Lipinski definition) is 4. The van der Waals surface area contributed by atoms with Crippen LogP contribution >= 0.6 is 15.9 Å². The summed E-state index contributed by atoms with van der Waals surface area (Å²) in [6.07, 6.45) is 0.306. The second-order valence-electron chi connectivity index (χ2n) is 5.60. The maximum absolute atomic E-state index is 12.0. The molecule has 3 aromatic rings. The molecule has 2 N–H and O–H groups in total. The van der Waals surface area contributed by atoms with Gasteiger partial charge in [-0.1, -0.05) is 46.3 Å². The van der Waals surface area contributed by atoms with Crippen molar-refractivity contribution in [2.45, 2.75) is 13.3 Å². The van der Waals surface area contributed by atoms with Crippen molar-refractivity contribution in [2.75, 3.05) is 10.6 Å². The molecule has 0 bridgehead atoms. The predicted molar refractivity (Wildman–Crippen MR) is 103 cm³/mol. The van der Waals surface area contributed by atoms with E-state index in [9.17, 15) is 4.79 Å². The zero-order valence-corrected chi connectivity index (χ0v) is 15.2. The van der Waals surface area contributed by atoms with E-state index in [1.165, 1.54) is 0 Å². The number of rotatable bonds is 5. The molecule has 0 unspecified atom stereocenters. The van der Waals surface area contributed by atoms with E-state index in [1.807, 2.05) is 55.5 Å². The Kier molecular flexibility index (Phi) is 5.40. The van der Waals surface area contributed by atoms with Gasteiger partial charge in [0.2, 0.25) is 5.91 Å². The minimum absolute atomic E-state index is 0.120. The molecule has 2 aromatic carbocycles. The van der Waals surface area contributed by atoms with E-state index >= 15 is 0 Å². The van der Waals surface area contributed by atoms with Crippen molar-refractivity contribution < 1.29 is 4.79 Å². The number of nitrogens with one attached hydrogen (secondary N) is 2. The summed E-state index contributed by atoms with van der Waals surface area (Å²) in [4.78, 5) is 12.0. The lowest BCUT2D eigenvalue weighted by atomic mass is 10.1. The summed E-state index contributed by atoms with van der Waals surface area (Å²) >= 11 is 3.44. The smallest absolute Gasteiger partial charge is 0.229 e. The van der Waals surface area contributed by atoms with Gasteiger partial charge in [0, 0.05) is 10.2 Å². The van der Waals surface area contributed by atoms with Gasteiger partial charge in [0.25, 0.3) is 0 Å². The van der Waals surface area contributed by atoms with Crippen molar-refractivity contribution in [2.24, 2.45) is 0 Å². The van der Waals surface area contributed by atoms with Gasteiger partial charge in [0.15, 0.2) is 11.6 Å². The SMILES string of the molecule is Cc1cc(Br)ccc1Nc1ccc(NC(=O)Cc2ccccc2)nn1. The number of carbonyl (C=O) groups is 1. The number of halogens is 1. The quantitative estimate of drug-likeness (QED) is 0.667. The van der Waals surface area contributed by atoms with Crippen molar-refractivity contribution in [1.29, 1.82) is 0 Å².